The molecular formula is C17H18N4O2S2. The Balaban J connectivity index is 1.64. The maximum Gasteiger partial charge on any atom is 0.272 e. The van der Waals surface area contributed by atoms with Gasteiger partial charge in [0, 0.05) is 11.4 Å². The molecule has 0 spiro atoms. The van der Waals surface area contributed by atoms with Crippen molar-refractivity contribution >= 4 is 33.0 Å². The summed E-state index contributed by atoms with van der Waals surface area (Å²) < 4.78 is 27.4. The summed E-state index contributed by atoms with van der Waals surface area (Å²) in [4.78, 5) is 1.02. The zero-order chi connectivity index (χ0) is 17.7. The van der Waals surface area contributed by atoms with Gasteiger partial charge in [0.1, 0.15) is 10.0 Å². The van der Waals surface area contributed by atoms with E-state index in [9.17, 15) is 8.42 Å². The van der Waals surface area contributed by atoms with E-state index in [1.807, 2.05) is 43.3 Å². The average Bonchev–Trinajstić information content (AvgIpc) is 3.12. The SMILES string of the molecule is CCc1ccc(S(=O)(=O)Nc2ccc(NCc3ccccc3)nn2)s1. The van der Waals surface area contributed by atoms with Gasteiger partial charge in [0.15, 0.2) is 5.82 Å². The Hall–Kier alpha value is -2.45. The molecule has 0 amide bonds. The first kappa shape index (κ1) is 17.4. The molecule has 0 saturated heterocycles. The molecule has 0 radical (unpaired) electrons. The van der Waals surface area contributed by atoms with Crippen molar-refractivity contribution in [1.29, 1.82) is 0 Å². The summed E-state index contributed by atoms with van der Waals surface area (Å²) in [6.45, 7) is 2.61. The molecule has 130 valence electrons. The second-order valence-corrected chi connectivity index (χ2v) is 8.40. The van der Waals surface area contributed by atoms with Gasteiger partial charge in [0.2, 0.25) is 0 Å². The lowest BCUT2D eigenvalue weighted by Gasteiger charge is -2.07. The van der Waals surface area contributed by atoms with Crippen molar-refractivity contribution in [2.24, 2.45) is 0 Å². The Morgan fingerprint density at radius 3 is 2.32 bits per heavy atom. The largest absolute Gasteiger partial charge is 0.365 e. The van der Waals surface area contributed by atoms with E-state index in [0.29, 0.717) is 12.4 Å². The van der Waals surface area contributed by atoms with Crippen LogP contribution in [0.2, 0.25) is 0 Å². The Morgan fingerprint density at radius 1 is 0.960 bits per heavy atom. The summed E-state index contributed by atoms with van der Waals surface area (Å²) in [7, 11) is -3.63. The van der Waals surface area contributed by atoms with Crippen molar-refractivity contribution in [3.05, 3.63) is 65.0 Å². The van der Waals surface area contributed by atoms with Crippen LogP contribution < -0.4 is 10.0 Å². The minimum Gasteiger partial charge on any atom is -0.365 e. The molecule has 0 aliphatic carbocycles. The number of nitrogens with zero attached hydrogens (tertiary/aromatic N) is 2. The van der Waals surface area contributed by atoms with Crippen molar-refractivity contribution in [3.8, 4) is 0 Å². The molecule has 2 aromatic heterocycles. The van der Waals surface area contributed by atoms with Gasteiger partial charge in [-0.15, -0.1) is 21.5 Å². The molecule has 0 aliphatic heterocycles. The summed E-state index contributed by atoms with van der Waals surface area (Å²) in [6, 6.07) is 16.6. The molecule has 2 heterocycles. The maximum absolute atomic E-state index is 12.3. The van der Waals surface area contributed by atoms with Gasteiger partial charge >= 0.3 is 0 Å². The molecule has 25 heavy (non-hydrogen) atoms. The minimum atomic E-state index is -3.63. The second-order valence-electron chi connectivity index (χ2n) is 5.32. The van der Waals surface area contributed by atoms with E-state index in [1.54, 1.807) is 18.2 Å². The molecule has 3 rings (SSSR count). The van der Waals surface area contributed by atoms with Gasteiger partial charge in [0.25, 0.3) is 10.0 Å². The van der Waals surface area contributed by atoms with E-state index < -0.39 is 10.0 Å². The molecule has 1 aromatic carbocycles. The third kappa shape index (κ3) is 4.55. The zero-order valence-corrected chi connectivity index (χ0v) is 15.3. The van der Waals surface area contributed by atoms with Crippen LogP contribution in [0.15, 0.2) is 58.8 Å². The molecule has 0 bridgehead atoms. The standard InChI is InChI=1S/C17H18N4O2S2/c1-2-14-8-11-17(24-14)25(22,23)21-16-10-9-15(19-20-16)18-12-13-6-4-3-5-7-13/h3-11H,2,12H2,1H3,(H,18,19)(H,20,21). The molecular weight excluding hydrogens is 356 g/mol. The fourth-order valence-electron chi connectivity index (χ4n) is 2.15. The number of sulfonamides is 1. The summed E-state index contributed by atoms with van der Waals surface area (Å²) in [6.07, 6.45) is 0.807. The number of aromatic nitrogens is 2. The van der Waals surface area contributed by atoms with Gasteiger partial charge in [-0.25, -0.2) is 8.42 Å². The summed E-state index contributed by atoms with van der Waals surface area (Å²) in [5.41, 5.74) is 1.12. The number of hydrogen-bond acceptors (Lipinski definition) is 6. The molecule has 0 fully saturated rings. The van der Waals surface area contributed by atoms with E-state index in [2.05, 4.69) is 20.2 Å². The fourth-order valence-corrected chi connectivity index (χ4v) is 4.44. The Morgan fingerprint density at radius 2 is 1.68 bits per heavy atom. The first-order valence-corrected chi connectivity index (χ1v) is 10.1. The second kappa shape index (κ2) is 7.62. The van der Waals surface area contributed by atoms with Crippen LogP contribution >= 0.6 is 11.3 Å². The van der Waals surface area contributed by atoms with E-state index in [4.69, 9.17) is 0 Å². The minimum absolute atomic E-state index is 0.191. The van der Waals surface area contributed by atoms with Gasteiger partial charge < -0.3 is 5.32 Å². The van der Waals surface area contributed by atoms with Crippen LogP contribution in [0.4, 0.5) is 11.6 Å². The number of rotatable bonds is 7. The summed E-state index contributed by atoms with van der Waals surface area (Å²) in [5.74, 6) is 0.771. The van der Waals surface area contributed by atoms with Gasteiger partial charge in [-0.1, -0.05) is 37.3 Å². The first-order chi connectivity index (χ1) is 12.1. The van der Waals surface area contributed by atoms with Crippen LogP contribution in [0.5, 0.6) is 0 Å². The monoisotopic (exact) mass is 374 g/mol. The summed E-state index contributed by atoms with van der Waals surface area (Å²) in [5, 5.41) is 11.1. The van der Waals surface area contributed by atoms with Crippen molar-refractivity contribution in [2.75, 3.05) is 10.0 Å². The van der Waals surface area contributed by atoms with E-state index >= 15 is 0 Å². The first-order valence-electron chi connectivity index (χ1n) is 7.80. The fraction of sp³-hybridized carbons (Fsp3) is 0.176. The highest BCUT2D eigenvalue weighted by Crippen LogP contribution is 2.23. The number of nitrogens with one attached hydrogen (secondary N) is 2. The molecule has 0 unspecified atom stereocenters. The van der Waals surface area contributed by atoms with Crippen LogP contribution in [-0.4, -0.2) is 18.6 Å². The third-order valence-corrected chi connectivity index (χ3v) is 6.55. The van der Waals surface area contributed by atoms with Crippen LogP contribution in [-0.2, 0) is 23.0 Å². The number of anilines is 2. The number of benzene rings is 1. The molecule has 3 aromatic rings. The molecule has 8 heteroatoms. The lowest BCUT2D eigenvalue weighted by atomic mass is 10.2. The molecule has 0 aliphatic rings. The topological polar surface area (TPSA) is 84.0 Å². The van der Waals surface area contributed by atoms with Gasteiger partial charge in [-0.05, 0) is 36.2 Å². The van der Waals surface area contributed by atoms with Gasteiger partial charge in [-0.3, -0.25) is 4.72 Å². The average molecular weight is 374 g/mol. The zero-order valence-electron chi connectivity index (χ0n) is 13.6. The normalized spacial score (nSPS) is 11.2. The molecule has 0 atom stereocenters. The molecule has 0 saturated carbocycles. The highest BCUT2D eigenvalue weighted by Gasteiger charge is 2.17. The van der Waals surface area contributed by atoms with Crippen molar-refractivity contribution in [1.82, 2.24) is 10.2 Å². The Kier molecular flexibility index (Phi) is 5.30. The summed E-state index contributed by atoms with van der Waals surface area (Å²) >= 11 is 1.26. The predicted octanol–water partition coefficient (Wildman–Crippen LogP) is 3.51. The molecule has 6 nitrogen and oxygen atoms in total. The van der Waals surface area contributed by atoms with E-state index in [-0.39, 0.29) is 10.0 Å². The Bertz CT molecular complexity index is 923. The van der Waals surface area contributed by atoms with Crippen molar-refractivity contribution in [3.63, 3.8) is 0 Å². The number of thiophene rings is 1. The highest BCUT2D eigenvalue weighted by molar-refractivity contribution is 7.94. The predicted molar refractivity (Wildman–Crippen MR) is 100 cm³/mol. The van der Waals surface area contributed by atoms with Crippen LogP contribution in [0.1, 0.15) is 17.4 Å². The highest BCUT2D eigenvalue weighted by atomic mass is 32.2. The molecule has 2 N–H and O–H groups in total. The van der Waals surface area contributed by atoms with E-state index in [1.165, 1.54) is 11.3 Å². The van der Waals surface area contributed by atoms with Crippen molar-refractivity contribution in [2.45, 2.75) is 24.1 Å². The van der Waals surface area contributed by atoms with Crippen molar-refractivity contribution < 1.29 is 8.42 Å². The smallest absolute Gasteiger partial charge is 0.272 e. The number of hydrogen-bond donors (Lipinski definition) is 2. The van der Waals surface area contributed by atoms with Crippen LogP contribution in [0.25, 0.3) is 0 Å². The third-order valence-electron chi connectivity index (χ3n) is 3.47. The van der Waals surface area contributed by atoms with Gasteiger partial charge in [0.05, 0.1) is 0 Å². The number of aryl methyl sites for hydroxylation is 1. The van der Waals surface area contributed by atoms with Crippen LogP contribution in [0, 0.1) is 0 Å². The lowest BCUT2D eigenvalue weighted by molar-refractivity contribution is 0.603. The van der Waals surface area contributed by atoms with E-state index in [0.717, 1.165) is 16.9 Å². The quantitative estimate of drug-likeness (QED) is 0.661. The lowest BCUT2D eigenvalue weighted by Crippen LogP contribution is -2.13. The van der Waals surface area contributed by atoms with Gasteiger partial charge in [-0.2, -0.15) is 0 Å². The van der Waals surface area contributed by atoms with Crippen LogP contribution in [0.3, 0.4) is 0 Å². The maximum atomic E-state index is 12.3. The Labute approximate surface area is 151 Å².